The molecule has 4 amide bonds. The van der Waals surface area contributed by atoms with E-state index in [1.54, 1.807) is 55.3 Å². The SMILES string of the molecule is C[C@H](CO)N1C[C@H](C)[C@@H](CN(C)C(=O)Nc2ccc3c(c2)OCO3)Oc2ccc(NC(=O)C3CCCCC3)cc2C1=O. The summed E-state index contributed by atoms with van der Waals surface area (Å²) < 4.78 is 17.1. The van der Waals surface area contributed by atoms with E-state index in [0.29, 0.717) is 40.7 Å². The summed E-state index contributed by atoms with van der Waals surface area (Å²) in [6, 6.07) is 9.53. The van der Waals surface area contributed by atoms with E-state index < -0.39 is 12.1 Å². The lowest BCUT2D eigenvalue weighted by molar-refractivity contribution is -0.120. The predicted molar refractivity (Wildman–Crippen MR) is 157 cm³/mol. The molecular formula is C31H40N4O7. The van der Waals surface area contributed by atoms with E-state index in [1.807, 2.05) is 6.92 Å². The van der Waals surface area contributed by atoms with Gasteiger partial charge in [0.1, 0.15) is 11.9 Å². The number of fused-ring (bicyclic) bond motifs is 2. The third kappa shape index (κ3) is 6.56. The number of nitrogens with zero attached hydrogens (tertiary/aromatic N) is 2. The van der Waals surface area contributed by atoms with Crippen LogP contribution >= 0.6 is 0 Å². The highest BCUT2D eigenvalue weighted by Gasteiger charge is 2.34. The van der Waals surface area contributed by atoms with Crippen molar-refractivity contribution in [1.29, 1.82) is 0 Å². The highest BCUT2D eigenvalue weighted by Crippen LogP contribution is 2.35. The summed E-state index contributed by atoms with van der Waals surface area (Å²) in [5, 5.41) is 15.8. The molecule has 2 heterocycles. The summed E-state index contributed by atoms with van der Waals surface area (Å²) in [7, 11) is 1.68. The van der Waals surface area contributed by atoms with Crippen LogP contribution in [0.15, 0.2) is 36.4 Å². The number of amides is 4. The molecule has 0 bridgehead atoms. The summed E-state index contributed by atoms with van der Waals surface area (Å²) >= 11 is 0. The number of urea groups is 1. The Hall–Kier alpha value is -3.99. The van der Waals surface area contributed by atoms with E-state index >= 15 is 0 Å². The standard InChI is InChI=1S/C31H40N4O7/c1-19-15-35(20(2)17-36)30(38)24-13-22(32-29(37)21-7-5-4-6-8-21)9-11-25(24)42-28(19)16-34(3)31(39)33-23-10-12-26-27(14-23)41-18-40-26/h9-14,19-21,28,36H,4-8,15-18H2,1-3H3,(H,32,37)(H,33,39)/t19-,20+,28+/m0/s1. The van der Waals surface area contributed by atoms with E-state index in [4.69, 9.17) is 14.2 Å². The summed E-state index contributed by atoms with van der Waals surface area (Å²) in [6.07, 6.45) is 4.53. The van der Waals surface area contributed by atoms with Crippen molar-refractivity contribution >= 4 is 29.2 Å². The number of hydrogen-bond donors (Lipinski definition) is 3. The van der Waals surface area contributed by atoms with Crippen LogP contribution in [-0.2, 0) is 4.79 Å². The number of hydrogen-bond acceptors (Lipinski definition) is 7. The van der Waals surface area contributed by atoms with Gasteiger partial charge in [0.25, 0.3) is 5.91 Å². The number of likely N-dealkylation sites (N-methyl/N-ethyl adjacent to an activating group) is 1. The highest BCUT2D eigenvalue weighted by atomic mass is 16.7. The zero-order valence-corrected chi connectivity index (χ0v) is 24.4. The molecule has 42 heavy (non-hydrogen) atoms. The predicted octanol–water partition coefficient (Wildman–Crippen LogP) is 4.32. The van der Waals surface area contributed by atoms with Crippen molar-refractivity contribution < 1.29 is 33.7 Å². The quantitative estimate of drug-likeness (QED) is 0.445. The van der Waals surface area contributed by atoms with Crippen molar-refractivity contribution in [3.63, 3.8) is 0 Å². The number of aliphatic hydroxyl groups is 1. The molecule has 3 atom stereocenters. The molecule has 2 aliphatic heterocycles. The number of nitrogens with one attached hydrogen (secondary N) is 2. The van der Waals surface area contributed by atoms with Crippen molar-refractivity contribution in [3.8, 4) is 17.2 Å². The average Bonchev–Trinajstić information content (AvgIpc) is 3.47. The average molecular weight is 581 g/mol. The van der Waals surface area contributed by atoms with Gasteiger partial charge in [0.05, 0.1) is 24.8 Å². The molecule has 0 spiro atoms. The molecule has 226 valence electrons. The summed E-state index contributed by atoms with van der Waals surface area (Å²) in [5.41, 5.74) is 1.41. The van der Waals surface area contributed by atoms with Crippen LogP contribution in [0.4, 0.5) is 16.2 Å². The number of aliphatic hydroxyl groups excluding tert-OH is 1. The third-order valence-corrected chi connectivity index (χ3v) is 8.33. The Bertz CT molecular complexity index is 1310. The topological polar surface area (TPSA) is 130 Å². The Labute approximate surface area is 246 Å². The van der Waals surface area contributed by atoms with Gasteiger partial charge in [-0.05, 0) is 50.1 Å². The molecule has 0 saturated heterocycles. The maximum atomic E-state index is 13.7. The monoisotopic (exact) mass is 580 g/mol. The molecule has 0 unspecified atom stereocenters. The molecule has 1 aliphatic carbocycles. The van der Waals surface area contributed by atoms with E-state index in [1.165, 1.54) is 4.90 Å². The molecule has 5 rings (SSSR count). The zero-order valence-electron chi connectivity index (χ0n) is 24.4. The molecule has 0 aromatic heterocycles. The van der Waals surface area contributed by atoms with Gasteiger partial charge < -0.3 is 39.8 Å². The largest absolute Gasteiger partial charge is 0.487 e. The first-order valence-corrected chi connectivity index (χ1v) is 14.7. The molecule has 3 aliphatic rings. The molecule has 1 fully saturated rings. The fourth-order valence-corrected chi connectivity index (χ4v) is 5.67. The van der Waals surface area contributed by atoms with Crippen molar-refractivity contribution in [2.45, 2.75) is 58.1 Å². The fourth-order valence-electron chi connectivity index (χ4n) is 5.67. The molecule has 0 radical (unpaired) electrons. The molecule has 3 N–H and O–H groups in total. The second-order valence-corrected chi connectivity index (χ2v) is 11.5. The van der Waals surface area contributed by atoms with Gasteiger partial charge >= 0.3 is 6.03 Å². The minimum atomic E-state index is -0.458. The smallest absolute Gasteiger partial charge is 0.321 e. The lowest BCUT2D eigenvalue weighted by Crippen LogP contribution is -2.50. The Morgan fingerprint density at radius 3 is 2.45 bits per heavy atom. The van der Waals surface area contributed by atoms with Gasteiger partial charge in [0.2, 0.25) is 12.7 Å². The Morgan fingerprint density at radius 1 is 1.02 bits per heavy atom. The van der Waals surface area contributed by atoms with Gasteiger partial charge in [-0.25, -0.2) is 4.79 Å². The van der Waals surface area contributed by atoms with Crippen molar-refractivity contribution in [2.75, 3.05) is 44.2 Å². The van der Waals surface area contributed by atoms with Crippen LogP contribution in [0.3, 0.4) is 0 Å². The van der Waals surface area contributed by atoms with Crippen molar-refractivity contribution in [3.05, 3.63) is 42.0 Å². The first kappa shape index (κ1) is 29.5. The molecule has 11 heteroatoms. The summed E-state index contributed by atoms with van der Waals surface area (Å²) in [5.74, 6) is 1.07. The first-order chi connectivity index (χ1) is 20.2. The van der Waals surface area contributed by atoms with Gasteiger partial charge in [0.15, 0.2) is 11.5 Å². The number of rotatable bonds is 7. The first-order valence-electron chi connectivity index (χ1n) is 14.7. The number of carbonyl (C=O) groups is 3. The molecule has 2 aromatic rings. The van der Waals surface area contributed by atoms with Crippen LogP contribution in [0.1, 0.15) is 56.3 Å². The van der Waals surface area contributed by atoms with Crippen LogP contribution in [0.5, 0.6) is 17.2 Å². The number of anilines is 2. The van der Waals surface area contributed by atoms with Gasteiger partial charge in [-0.1, -0.05) is 26.2 Å². The van der Waals surface area contributed by atoms with E-state index in [-0.39, 0.29) is 49.6 Å². The molecule has 11 nitrogen and oxygen atoms in total. The lowest BCUT2D eigenvalue weighted by Gasteiger charge is -2.38. The van der Waals surface area contributed by atoms with Crippen LogP contribution in [0.25, 0.3) is 0 Å². The van der Waals surface area contributed by atoms with E-state index in [9.17, 15) is 19.5 Å². The maximum Gasteiger partial charge on any atom is 0.321 e. The zero-order chi connectivity index (χ0) is 29.8. The third-order valence-electron chi connectivity index (χ3n) is 8.33. The Morgan fingerprint density at radius 2 is 1.71 bits per heavy atom. The minimum absolute atomic E-state index is 0.0248. The van der Waals surface area contributed by atoms with Crippen LogP contribution in [0.2, 0.25) is 0 Å². The van der Waals surface area contributed by atoms with Crippen LogP contribution in [0, 0.1) is 11.8 Å². The molecule has 2 aromatic carbocycles. The lowest BCUT2D eigenvalue weighted by atomic mass is 9.88. The van der Waals surface area contributed by atoms with Gasteiger partial charge in [-0.3, -0.25) is 9.59 Å². The van der Waals surface area contributed by atoms with Gasteiger partial charge in [0, 0.05) is 42.9 Å². The Balaban J connectivity index is 1.33. The second kappa shape index (κ2) is 12.9. The van der Waals surface area contributed by atoms with Gasteiger partial charge in [-0.2, -0.15) is 0 Å². The van der Waals surface area contributed by atoms with E-state index in [2.05, 4.69) is 10.6 Å². The molecule has 1 saturated carbocycles. The maximum absolute atomic E-state index is 13.7. The fraction of sp³-hybridized carbons (Fsp3) is 0.516. The normalized spacial score (nSPS) is 21.0. The molecular weight excluding hydrogens is 540 g/mol. The van der Waals surface area contributed by atoms with Crippen molar-refractivity contribution in [2.24, 2.45) is 11.8 Å². The summed E-state index contributed by atoms with van der Waals surface area (Å²) in [4.78, 5) is 42.9. The van der Waals surface area contributed by atoms with Gasteiger partial charge in [-0.15, -0.1) is 0 Å². The summed E-state index contributed by atoms with van der Waals surface area (Å²) in [6.45, 7) is 4.26. The second-order valence-electron chi connectivity index (χ2n) is 11.5. The van der Waals surface area contributed by atoms with Crippen LogP contribution in [-0.4, -0.2) is 78.4 Å². The number of carbonyl (C=O) groups excluding carboxylic acids is 3. The minimum Gasteiger partial charge on any atom is -0.487 e. The highest BCUT2D eigenvalue weighted by molar-refractivity contribution is 6.00. The van der Waals surface area contributed by atoms with Crippen LogP contribution < -0.4 is 24.8 Å². The Kier molecular flexibility index (Phi) is 9.06. The number of benzene rings is 2. The van der Waals surface area contributed by atoms with Crippen molar-refractivity contribution in [1.82, 2.24) is 9.80 Å². The number of ether oxygens (including phenoxy) is 3. The van der Waals surface area contributed by atoms with E-state index in [0.717, 1.165) is 32.1 Å².